The van der Waals surface area contributed by atoms with E-state index in [1.165, 1.54) is 60.4 Å². The van der Waals surface area contributed by atoms with E-state index < -0.39 is 0 Å². The van der Waals surface area contributed by atoms with Gasteiger partial charge >= 0.3 is 0 Å². The van der Waals surface area contributed by atoms with E-state index in [2.05, 4.69) is 276 Å². The Morgan fingerprint density at radius 1 is 0.333 bits per heavy atom. The smallest absolute Gasteiger partial charge is 0.161 e. The Bertz CT molecular complexity index is 3860. The number of benzene rings is 8. The van der Waals surface area contributed by atoms with Gasteiger partial charge in [-0.3, -0.25) is 0 Å². The predicted molar refractivity (Wildman–Crippen MR) is 311 cm³/mol. The monoisotopic (exact) mass is 946 g/mol. The Morgan fingerprint density at radius 3 is 1.26 bits per heavy atom. The molecule has 3 aromatic heterocycles. The SMILES string of the molecule is CC(C)(C)c1ccc(N(c2cccc(C(C)(C)C)c2)c2ccc3cc4c5oc6ccc(N(c7ccc(C(C)(C)C)cc7)c7cccc(C(C)(C)C)c7)cc6c5n5c6ccc(C(C)(C)C)cc6c(c3c2)c45)cc1. The fraction of sp³-hybridized carbons (Fsp3) is 0.294. The van der Waals surface area contributed by atoms with Gasteiger partial charge in [0.2, 0.25) is 0 Å². The molecule has 0 radical (unpaired) electrons. The van der Waals surface area contributed by atoms with Crippen LogP contribution in [0.25, 0.3) is 60.0 Å². The Balaban J connectivity index is 1.18. The fourth-order valence-corrected chi connectivity index (χ4v) is 10.9. The van der Waals surface area contributed by atoms with Crippen LogP contribution >= 0.6 is 0 Å². The van der Waals surface area contributed by atoms with Crippen LogP contribution in [0.5, 0.6) is 0 Å². The quantitative estimate of drug-likeness (QED) is 0.166. The standard InChI is InChI=1S/C68H71N3O/c1-64(2,3)43-23-29-48(30-24-43)69(50-20-16-18-45(37-50)66(7,8)9)52-28-22-42-36-57-61-60(54(42)40-52)55-39-47(68(13,14)15)27-34-58(55)71(61)62-56-41-53(33-35-59(56)72-63(57)62)70(49-31-25-44(26-32-49)65(4,5)6)51-21-17-19-46(38-51)67(10,11)12/h16-41H,1-15H3. The van der Waals surface area contributed by atoms with Crippen LogP contribution in [0.3, 0.4) is 0 Å². The molecule has 3 heterocycles. The van der Waals surface area contributed by atoms with E-state index in [1.54, 1.807) is 0 Å². The molecule has 72 heavy (non-hydrogen) atoms. The van der Waals surface area contributed by atoms with E-state index in [0.717, 1.165) is 61.6 Å². The van der Waals surface area contributed by atoms with Crippen molar-refractivity contribution < 1.29 is 4.42 Å². The maximum absolute atomic E-state index is 7.08. The number of aromatic nitrogens is 1. The van der Waals surface area contributed by atoms with Crippen molar-refractivity contribution >= 4 is 94.2 Å². The van der Waals surface area contributed by atoms with Crippen molar-refractivity contribution in [2.45, 2.75) is 131 Å². The highest BCUT2D eigenvalue weighted by Gasteiger charge is 2.28. The Labute approximate surface area is 427 Å². The summed E-state index contributed by atoms with van der Waals surface area (Å²) in [5, 5.41) is 7.15. The van der Waals surface area contributed by atoms with Crippen LogP contribution in [0.15, 0.2) is 162 Å². The molecular weight excluding hydrogens is 875 g/mol. The van der Waals surface area contributed by atoms with Gasteiger partial charge in [0.15, 0.2) is 5.58 Å². The zero-order chi connectivity index (χ0) is 51.0. The van der Waals surface area contributed by atoms with E-state index in [-0.39, 0.29) is 27.1 Å². The van der Waals surface area contributed by atoms with Crippen LogP contribution in [0, 0.1) is 0 Å². The number of hydrogen-bond acceptors (Lipinski definition) is 3. The van der Waals surface area contributed by atoms with Gasteiger partial charge in [0.25, 0.3) is 0 Å². The van der Waals surface area contributed by atoms with Gasteiger partial charge in [-0.2, -0.15) is 0 Å². The first-order chi connectivity index (χ1) is 33.8. The number of rotatable bonds is 6. The van der Waals surface area contributed by atoms with Crippen LogP contribution in [-0.4, -0.2) is 4.40 Å². The minimum Gasteiger partial charge on any atom is -0.454 e. The second-order valence-electron chi connectivity index (χ2n) is 25.7. The lowest BCUT2D eigenvalue weighted by Gasteiger charge is -2.29. The van der Waals surface area contributed by atoms with Crippen LogP contribution in [-0.2, 0) is 27.1 Å². The molecule has 364 valence electrons. The van der Waals surface area contributed by atoms with Crippen molar-refractivity contribution in [1.82, 2.24) is 4.40 Å². The molecule has 0 saturated carbocycles. The normalized spacial score (nSPS) is 13.2. The van der Waals surface area contributed by atoms with E-state index in [4.69, 9.17) is 4.42 Å². The number of anilines is 6. The molecule has 0 atom stereocenters. The number of furan rings is 1. The molecule has 0 saturated heterocycles. The van der Waals surface area contributed by atoms with Crippen LogP contribution < -0.4 is 9.80 Å². The molecule has 0 aliphatic rings. The molecule has 0 unspecified atom stereocenters. The first-order valence-corrected chi connectivity index (χ1v) is 26.0. The molecule has 0 fully saturated rings. The van der Waals surface area contributed by atoms with Crippen LogP contribution in [0.4, 0.5) is 34.1 Å². The van der Waals surface area contributed by atoms with Gasteiger partial charge in [-0.25, -0.2) is 0 Å². The summed E-state index contributed by atoms with van der Waals surface area (Å²) >= 11 is 0. The zero-order valence-corrected chi connectivity index (χ0v) is 45.3. The molecule has 0 spiro atoms. The average molecular weight is 946 g/mol. The molecule has 0 aliphatic heterocycles. The van der Waals surface area contributed by atoms with E-state index in [1.807, 2.05) is 0 Å². The van der Waals surface area contributed by atoms with Crippen molar-refractivity contribution in [1.29, 1.82) is 0 Å². The Kier molecular flexibility index (Phi) is 10.7. The van der Waals surface area contributed by atoms with Gasteiger partial charge in [-0.15, -0.1) is 0 Å². The summed E-state index contributed by atoms with van der Waals surface area (Å²) in [7, 11) is 0. The maximum atomic E-state index is 7.08. The number of fused-ring (bicyclic) bond motifs is 10. The largest absolute Gasteiger partial charge is 0.454 e. The summed E-state index contributed by atoms with van der Waals surface area (Å²) in [4.78, 5) is 4.86. The number of hydrogen-bond donors (Lipinski definition) is 0. The van der Waals surface area contributed by atoms with Crippen molar-refractivity contribution in [2.24, 2.45) is 0 Å². The minimum atomic E-state index is -0.0410. The van der Waals surface area contributed by atoms with Gasteiger partial charge in [0, 0.05) is 55.7 Å². The van der Waals surface area contributed by atoms with E-state index in [0.29, 0.717) is 0 Å². The molecule has 0 amide bonds. The summed E-state index contributed by atoms with van der Waals surface area (Å²) in [5.74, 6) is 0. The molecule has 4 heteroatoms. The molecule has 4 nitrogen and oxygen atoms in total. The van der Waals surface area contributed by atoms with Crippen LogP contribution in [0.1, 0.15) is 132 Å². The zero-order valence-electron chi connectivity index (χ0n) is 45.3. The molecule has 8 aromatic carbocycles. The predicted octanol–water partition coefficient (Wildman–Crippen LogP) is 20.2. The highest BCUT2D eigenvalue weighted by molar-refractivity contribution is 6.33. The number of nitrogens with zero attached hydrogens (tertiary/aromatic N) is 3. The molecule has 0 aliphatic carbocycles. The average Bonchev–Trinajstić information content (AvgIpc) is 3.96. The Morgan fingerprint density at radius 2 is 0.764 bits per heavy atom. The summed E-state index contributed by atoms with van der Waals surface area (Å²) in [6, 6.07) is 59.8. The summed E-state index contributed by atoms with van der Waals surface area (Å²) in [6.45, 7) is 34.4. The topological polar surface area (TPSA) is 24.0 Å². The summed E-state index contributed by atoms with van der Waals surface area (Å²) < 4.78 is 9.60. The molecule has 0 bridgehead atoms. The maximum Gasteiger partial charge on any atom is 0.161 e. The van der Waals surface area contributed by atoms with Crippen LogP contribution in [0.2, 0.25) is 0 Å². The van der Waals surface area contributed by atoms with Gasteiger partial charge in [-0.05, 0) is 163 Å². The first-order valence-electron chi connectivity index (χ1n) is 26.0. The minimum absolute atomic E-state index is 0.00621. The Hall–Kier alpha value is -7.04. The molecule has 0 N–H and O–H groups in total. The van der Waals surface area contributed by atoms with Crippen molar-refractivity contribution in [3.63, 3.8) is 0 Å². The molecule has 11 aromatic rings. The van der Waals surface area contributed by atoms with Crippen molar-refractivity contribution in [2.75, 3.05) is 9.80 Å². The van der Waals surface area contributed by atoms with Gasteiger partial charge < -0.3 is 18.6 Å². The van der Waals surface area contributed by atoms with E-state index in [9.17, 15) is 0 Å². The van der Waals surface area contributed by atoms with Crippen molar-refractivity contribution in [3.8, 4) is 0 Å². The second kappa shape index (κ2) is 16.2. The van der Waals surface area contributed by atoms with Crippen molar-refractivity contribution in [3.05, 3.63) is 186 Å². The molecule has 11 rings (SSSR count). The third-order valence-electron chi connectivity index (χ3n) is 15.2. The first kappa shape index (κ1) is 47.3. The van der Waals surface area contributed by atoms with Gasteiger partial charge in [0.05, 0.1) is 11.0 Å². The third kappa shape index (κ3) is 7.99. The lowest BCUT2D eigenvalue weighted by molar-refractivity contribution is 0.590. The second-order valence-corrected chi connectivity index (χ2v) is 25.7. The van der Waals surface area contributed by atoms with Gasteiger partial charge in [0.1, 0.15) is 11.1 Å². The fourth-order valence-electron chi connectivity index (χ4n) is 10.9. The molecular formula is C68H71N3O. The van der Waals surface area contributed by atoms with E-state index >= 15 is 0 Å². The lowest BCUT2D eigenvalue weighted by atomic mass is 9.86. The van der Waals surface area contributed by atoms with Gasteiger partial charge in [-0.1, -0.05) is 165 Å². The highest BCUT2D eigenvalue weighted by Crippen LogP contribution is 2.50. The third-order valence-corrected chi connectivity index (χ3v) is 15.2. The lowest BCUT2D eigenvalue weighted by Crippen LogP contribution is -2.15. The highest BCUT2D eigenvalue weighted by atomic mass is 16.3. The summed E-state index contributed by atoms with van der Waals surface area (Å²) in [6.07, 6.45) is 0. The summed E-state index contributed by atoms with van der Waals surface area (Å²) in [5.41, 5.74) is 18.6.